The quantitative estimate of drug-likeness (QED) is 0.225. The summed E-state index contributed by atoms with van der Waals surface area (Å²) < 4.78 is 2.15. The van der Waals surface area contributed by atoms with Crippen LogP contribution in [0.3, 0.4) is 0 Å². The molecule has 0 atom stereocenters. The van der Waals surface area contributed by atoms with Gasteiger partial charge < -0.3 is 4.98 Å². The van der Waals surface area contributed by atoms with Crippen LogP contribution < -0.4 is 0 Å². The van der Waals surface area contributed by atoms with Crippen LogP contribution in [0.2, 0.25) is 0 Å². The number of hydrogen-bond donors (Lipinski definition) is 1. The first-order valence-electron chi connectivity index (χ1n) is 15.6. The lowest BCUT2D eigenvalue weighted by Crippen LogP contribution is -2.16. The van der Waals surface area contributed by atoms with Gasteiger partial charge in [0.2, 0.25) is 0 Å². The SMILES string of the molecule is CC(C)(C)c1cc(-c2cc(-c3ccccn3)cc(-c3ccc4ccn(-c5ccc(C(C)(C)C)[nH]5)c4n3)c2)cc(C(C)(C)C)c1. The number of nitrogens with one attached hydrogen (secondary N) is 1. The molecule has 44 heavy (non-hydrogen) atoms. The Morgan fingerprint density at radius 1 is 0.568 bits per heavy atom. The van der Waals surface area contributed by atoms with Gasteiger partial charge in [-0.2, -0.15) is 0 Å². The lowest BCUT2D eigenvalue weighted by molar-refractivity contribution is 0.569. The molecule has 0 saturated heterocycles. The lowest BCUT2D eigenvalue weighted by Gasteiger charge is -2.26. The fraction of sp³-hybridized carbons (Fsp3) is 0.300. The maximum Gasteiger partial charge on any atom is 0.146 e. The maximum absolute atomic E-state index is 5.26. The Morgan fingerprint density at radius 2 is 1.20 bits per heavy atom. The number of H-pyrrole nitrogens is 1. The summed E-state index contributed by atoms with van der Waals surface area (Å²) in [5, 5.41) is 1.11. The summed E-state index contributed by atoms with van der Waals surface area (Å²) in [5.41, 5.74) is 11.3. The highest BCUT2D eigenvalue weighted by molar-refractivity contribution is 5.84. The van der Waals surface area contributed by atoms with Crippen molar-refractivity contribution in [3.05, 3.63) is 114 Å². The zero-order valence-electron chi connectivity index (χ0n) is 27.6. The van der Waals surface area contributed by atoms with E-state index in [0.29, 0.717) is 0 Å². The summed E-state index contributed by atoms with van der Waals surface area (Å²) in [5.74, 6) is 1.02. The van der Waals surface area contributed by atoms with Gasteiger partial charge in [0, 0.05) is 40.0 Å². The molecule has 0 amide bonds. The Balaban J connectivity index is 1.54. The number of nitrogens with zero attached hydrogens (tertiary/aromatic N) is 3. The molecule has 6 rings (SSSR count). The predicted octanol–water partition coefficient (Wildman–Crippen LogP) is 10.6. The summed E-state index contributed by atoms with van der Waals surface area (Å²) in [6, 6.07) is 30.7. The number of fused-ring (bicyclic) bond motifs is 1. The fourth-order valence-electron chi connectivity index (χ4n) is 5.61. The molecule has 2 aromatic carbocycles. The summed E-state index contributed by atoms with van der Waals surface area (Å²) in [7, 11) is 0. The zero-order chi connectivity index (χ0) is 31.4. The molecule has 1 N–H and O–H groups in total. The Morgan fingerprint density at radius 3 is 1.80 bits per heavy atom. The summed E-state index contributed by atoms with van der Waals surface area (Å²) in [4.78, 5) is 13.6. The van der Waals surface area contributed by atoms with Crippen molar-refractivity contribution in [1.82, 2.24) is 19.5 Å². The van der Waals surface area contributed by atoms with Crippen LogP contribution in [-0.2, 0) is 16.2 Å². The minimum atomic E-state index is 0.0279. The summed E-state index contributed by atoms with van der Waals surface area (Å²) in [6.45, 7) is 20.4. The average molecular weight is 581 g/mol. The van der Waals surface area contributed by atoms with Crippen LogP contribution in [0.4, 0.5) is 0 Å². The third kappa shape index (κ3) is 5.86. The van der Waals surface area contributed by atoms with E-state index in [-0.39, 0.29) is 16.2 Å². The molecule has 0 unspecified atom stereocenters. The average Bonchev–Trinajstić information content (AvgIpc) is 3.63. The van der Waals surface area contributed by atoms with E-state index < -0.39 is 0 Å². The van der Waals surface area contributed by atoms with E-state index in [9.17, 15) is 0 Å². The second kappa shape index (κ2) is 10.6. The number of aromatic nitrogens is 4. The Bertz CT molecular complexity index is 1920. The van der Waals surface area contributed by atoms with Gasteiger partial charge in [0.15, 0.2) is 0 Å². The van der Waals surface area contributed by atoms with Crippen molar-refractivity contribution >= 4 is 11.0 Å². The van der Waals surface area contributed by atoms with Crippen LogP contribution in [-0.4, -0.2) is 19.5 Å². The van der Waals surface area contributed by atoms with Gasteiger partial charge in [-0.1, -0.05) is 86.6 Å². The van der Waals surface area contributed by atoms with Crippen molar-refractivity contribution < 1.29 is 0 Å². The van der Waals surface area contributed by atoms with E-state index in [4.69, 9.17) is 9.97 Å². The standard InChI is InChI=1S/C40H44N4/c1-38(2,3)31-23-28(24-32(25-31)39(4,5)6)27-20-29(33-12-10-11-18-41-33)22-30(21-27)34-14-13-26-17-19-44(37(26)42-34)36-16-15-35(43-36)40(7,8)9/h10-25,43H,1-9H3. The van der Waals surface area contributed by atoms with Crippen molar-refractivity contribution in [2.45, 2.75) is 78.6 Å². The van der Waals surface area contributed by atoms with Crippen molar-refractivity contribution in [3.8, 4) is 39.5 Å². The molecular weight excluding hydrogens is 536 g/mol. The van der Waals surface area contributed by atoms with Crippen LogP contribution in [0.1, 0.15) is 79.1 Å². The molecule has 0 fully saturated rings. The Kier molecular flexibility index (Phi) is 7.15. The fourth-order valence-corrected chi connectivity index (χ4v) is 5.61. The van der Waals surface area contributed by atoms with Crippen LogP contribution in [0.5, 0.6) is 0 Å². The van der Waals surface area contributed by atoms with Crippen LogP contribution in [0.15, 0.2) is 97.3 Å². The summed E-state index contributed by atoms with van der Waals surface area (Å²) >= 11 is 0. The molecule has 6 aromatic rings. The lowest BCUT2D eigenvalue weighted by atomic mass is 9.78. The molecule has 0 radical (unpaired) electrons. The van der Waals surface area contributed by atoms with Gasteiger partial charge >= 0.3 is 0 Å². The van der Waals surface area contributed by atoms with Gasteiger partial charge in [-0.25, -0.2) is 4.98 Å². The van der Waals surface area contributed by atoms with E-state index in [2.05, 4.69) is 151 Å². The van der Waals surface area contributed by atoms with Crippen molar-refractivity contribution in [1.29, 1.82) is 0 Å². The van der Waals surface area contributed by atoms with E-state index in [1.165, 1.54) is 22.4 Å². The molecule has 0 saturated carbocycles. The van der Waals surface area contributed by atoms with Crippen molar-refractivity contribution in [2.75, 3.05) is 0 Å². The molecule has 4 heterocycles. The van der Waals surface area contributed by atoms with Crippen molar-refractivity contribution in [3.63, 3.8) is 0 Å². The first kappa shape index (κ1) is 29.6. The highest BCUT2D eigenvalue weighted by Gasteiger charge is 2.22. The van der Waals surface area contributed by atoms with Gasteiger partial charge in [-0.15, -0.1) is 0 Å². The number of hydrogen-bond acceptors (Lipinski definition) is 2. The second-order valence-electron chi connectivity index (χ2n) is 15.1. The third-order valence-electron chi connectivity index (χ3n) is 8.46. The van der Waals surface area contributed by atoms with Gasteiger partial charge in [0.25, 0.3) is 0 Å². The van der Waals surface area contributed by atoms with E-state index >= 15 is 0 Å². The largest absolute Gasteiger partial charge is 0.344 e. The van der Waals surface area contributed by atoms with Crippen LogP contribution in [0, 0.1) is 0 Å². The molecule has 4 heteroatoms. The highest BCUT2D eigenvalue weighted by atomic mass is 15.1. The van der Waals surface area contributed by atoms with E-state index in [0.717, 1.165) is 44.9 Å². The first-order chi connectivity index (χ1) is 20.7. The number of pyridine rings is 2. The predicted molar refractivity (Wildman–Crippen MR) is 186 cm³/mol. The zero-order valence-corrected chi connectivity index (χ0v) is 27.6. The third-order valence-corrected chi connectivity index (χ3v) is 8.46. The first-order valence-corrected chi connectivity index (χ1v) is 15.6. The molecule has 0 bridgehead atoms. The second-order valence-corrected chi connectivity index (χ2v) is 15.1. The van der Waals surface area contributed by atoms with Gasteiger partial charge in [-0.05, 0) is 93.7 Å². The summed E-state index contributed by atoms with van der Waals surface area (Å²) in [6.07, 6.45) is 3.96. The number of rotatable bonds is 4. The normalized spacial score (nSPS) is 12.7. The minimum Gasteiger partial charge on any atom is -0.344 e. The molecular formula is C40H44N4. The van der Waals surface area contributed by atoms with Gasteiger partial charge in [0.05, 0.1) is 11.4 Å². The van der Waals surface area contributed by atoms with Gasteiger partial charge in [0.1, 0.15) is 11.5 Å². The van der Waals surface area contributed by atoms with Crippen LogP contribution >= 0.6 is 0 Å². The molecule has 0 aliphatic heterocycles. The topological polar surface area (TPSA) is 46.5 Å². The number of benzene rings is 2. The smallest absolute Gasteiger partial charge is 0.146 e. The van der Waals surface area contributed by atoms with E-state index in [1.54, 1.807) is 0 Å². The molecule has 4 nitrogen and oxygen atoms in total. The molecule has 224 valence electrons. The van der Waals surface area contributed by atoms with Crippen LogP contribution in [0.25, 0.3) is 50.5 Å². The molecule has 4 aromatic heterocycles. The highest BCUT2D eigenvalue weighted by Crippen LogP contribution is 2.37. The Labute approximate surface area is 262 Å². The van der Waals surface area contributed by atoms with Gasteiger partial charge in [-0.3, -0.25) is 9.55 Å². The molecule has 0 aliphatic carbocycles. The van der Waals surface area contributed by atoms with Crippen molar-refractivity contribution in [2.24, 2.45) is 0 Å². The van der Waals surface area contributed by atoms with E-state index in [1.807, 2.05) is 18.3 Å². The Hall–Kier alpha value is -4.44. The monoisotopic (exact) mass is 580 g/mol. The number of aromatic amines is 1. The molecule has 0 spiro atoms. The molecule has 0 aliphatic rings. The minimum absolute atomic E-state index is 0.0279. The maximum atomic E-state index is 5.26.